The van der Waals surface area contributed by atoms with E-state index in [4.69, 9.17) is 5.11 Å². The second-order valence-electron chi connectivity index (χ2n) is 4.31. The molecule has 0 bridgehead atoms. The minimum Gasteiger partial charge on any atom is -0.508 e. The van der Waals surface area contributed by atoms with E-state index in [-0.39, 0.29) is 22.8 Å². The van der Waals surface area contributed by atoms with Gasteiger partial charge >= 0.3 is 0 Å². The predicted molar refractivity (Wildman–Crippen MR) is 74.3 cm³/mol. The van der Waals surface area contributed by atoms with Crippen molar-refractivity contribution in [2.45, 2.75) is 6.92 Å². The summed E-state index contributed by atoms with van der Waals surface area (Å²) in [5.41, 5.74) is 2.23. The van der Waals surface area contributed by atoms with Crippen LogP contribution in [-0.2, 0) is 0 Å². The maximum Gasteiger partial charge on any atom is 0.189 e. The summed E-state index contributed by atoms with van der Waals surface area (Å²) in [7, 11) is 0. The van der Waals surface area contributed by atoms with E-state index in [9.17, 15) is 9.90 Å². The lowest BCUT2D eigenvalue weighted by Crippen LogP contribution is -1.94. The molecule has 0 saturated carbocycles. The van der Waals surface area contributed by atoms with Gasteiger partial charge in [-0.05, 0) is 30.7 Å². The Morgan fingerprint density at radius 1 is 1.05 bits per heavy atom. The number of phenolic OH excluding ortho intramolecular Hbond substituents is 2. The summed E-state index contributed by atoms with van der Waals surface area (Å²) >= 11 is 0. The highest BCUT2D eigenvalue weighted by Crippen LogP contribution is 2.23. The Bertz CT molecular complexity index is 625. The van der Waals surface area contributed by atoms with E-state index in [0.717, 1.165) is 17.2 Å². The largest absolute Gasteiger partial charge is 0.508 e. The molecule has 0 heterocycles. The zero-order valence-electron chi connectivity index (χ0n) is 10.5. The third-order valence-corrected chi connectivity index (χ3v) is 2.75. The number of rotatable bonds is 3. The fourth-order valence-electron chi connectivity index (χ4n) is 1.67. The summed E-state index contributed by atoms with van der Waals surface area (Å²) in [5, 5.41) is 18.7. The molecular weight excluding hydrogens is 240 g/mol. The number of aromatic hydroxyl groups is 2. The number of phenols is 2. The number of carbonyl (C=O) groups excluding carboxylic acids is 1. The molecule has 0 aliphatic heterocycles. The first-order valence-corrected chi connectivity index (χ1v) is 5.87. The van der Waals surface area contributed by atoms with Crippen molar-refractivity contribution in [2.75, 3.05) is 0 Å². The number of ketones is 1. The molecule has 0 atom stereocenters. The van der Waals surface area contributed by atoms with Crippen LogP contribution < -0.4 is 0 Å². The Kier molecular flexibility index (Phi) is 3.66. The van der Waals surface area contributed by atoms with Crippen molar-refractivity contribution >= 4 is 11.9 Å². The quantitative estimate of drug-likeness (QED) is 0.652. The summed E-state index contributed by atoms with van der Waals surface area (Å²) in [6.07, 6.45) is 3.09. The van der Waals surface area contributed by atoms with Gasteiger partial charge in [-0.1, -0.05) is 35.9 Å². The van der Waals surface area contributed by atoms with Gasteiger partial charge in [0.2, 0.25) is 0 Å². The molecule has 0 aliphatic rings. The topological polar surface area (TPSA) is 57.5 Å². The molecule has 3 heteroatoms. The van der Waals surface area contributed by atoms with E-state index >= 15 is 0 Å². The predicted octanol–water partition coefficient (Wildman–Crippen LogP) is 3.30. The van der Waals surface area contributed by atoms with Gasteiger partial charge in [-0.25, -0.2) is 0 Å². The van der Waals surface area contributed by atoms with Crippen LogP contribution >= 0.6 is 0 Å². The second-order valence-corrected chi connectivity index (χ2v) is 4.31. The number of benzene rings is 2. The minimum absolute atomic E-state index is 0.0726. The Morgan fingerprint density at radius 3 is 2.37 bits per heavy atom. The summed E-state index contributed by atoms with van der Waals surface area (Å²) in [5.74, 6) is -0.604. The van der Waals surface area contributed by atoms with Crippen LogP contribution in [0.5, 0.6) is 11.5 Å². The van der Waals surface area contributed by atoms with Crippen molar-refractivity contribution in [3.63, 3.8) is 0 Å². The Labute approximate surface area is 111 Å². The molecule has 0 fully saturated rings. The molecule has 2 aromatic rings. The summed E-state index contributed by atoms with van der Waals surface area (Å²) in [6.45, 7) is 1.99. The normalized spacial score (nSPS) is 10.8. The van der Waals surface area contributed by atoms with Crippen LogP contribution in [-0.4, -0.2) is 16.0 Å². The number of allylic oxidation sites excluding steroid dienone is 1. The first kappa shape index (κ1) is 12.9. The molecule has 19 heavy (non-hydrogen) atoms. The van der Waals surface area contributed by atoms with E-state index in [1.807, 2.05) is 31.2 Å². The fraction of sp³-hybridized carbons (Fsp3) is 0.0625. The van der Waals surface area contributed by atoms with E-state index < -0.39 is 0 Å². The molecule has 0 aromatic heterocycles. The summed E-state index contributed by atoms with van der Waals surface area (Å²) in [4.78, 5) is 11.9. The third kappa shape index (κ3) is 3.22. The summed E-state index contributed by atoms with van der Waals surface area (Å²) in [6, 6.07) is 11.7. The number of aryl methyl sites for hydroxylation is 1. The van der Waals surface area contributed by atoms with Crippen molar-refractivity contribution in [3.05, 3.63) is 65.2 Å². The van der Waals surface area contributed by atoms with Gasteiger partial charge < -0.3 is 10.2 Å². The molecule has 0 amide bonds. The maximum absolute atomic E-state index is 11.9. The van der Waals surface area contributed by atoms with Gasteiger partial charge in [0.15, 0.2) is 5.78 Å². The van der Waals surface area contributed by atoms with Gasteiger partial charge in [0.1, 0.15) is 11.5 Å². The molecule has 96 valence electrons. The highest BCUT2D eigenvalue weighted by molar-refractivity contribution is 6.08. The third-order valence-electron chi connectivity index (χ3n) is 2.75. The van der Waals surface area contributed by atoms with Gasteiger partial charge in [-0.15, -0.1) is 0 Å². The molecule has 2 aromatic carbocycles. The number of hydrogen-bond donors (Lipinski definition) is 2. The van der Waals surface area contributed by atoms with E-state index in [1.54, 1.807) is 6.08 Å². The van der Waals surface area contributed by atoms with Crippen molar-refractivity contribution in [1.29, 1.82) is 0 Å². The van der Waals surface area contributed by atoms with E-state index in [1.165, 1.54) is 18.2 Å². The highest BCUT2D eigenvalue weighted by Gasteiger charge is 2.08. The molecule has 0 unspecified atom stereocenters. The van der Waals surface area contributed by atoms with Gasteiger partial charge in [-0.3, -0.25) is 4.79 Å². The van der Waals surface area contributed by atoms with Crippen LogP contribution in [0.2, 0.25) is 0 Å². The van der Waals surface area contributed by atoms with Crippen LogP contribution in [0.4, 0.5) is 0 Å². The van der Waals surface area contributed by atoms with Crippen LogP contribution in [0.25, 0.3) is 6.08 Å². The number of carbonyl (C=O) groups is 1. The van der Waals surface area contributed by atoms with Crippen molar-refractivity contribution in [1.82, 2.24) is 0 Å². The van der Waals surface area contributed by atoms with E-state index in [0.29, 0.717) is 0 Å². The average molecular weight is 254 g/mol. The zero-order chi connectivity index (χ0) is 13.8. The fourth-order valence-corrected chi connectivity index (χ4v) is 1.67. The van der Waals surface area contributed by atoms with Gasteiger partial charge in [-0.2, -0.15) is 0 Å². The van der Waals surface area contributed by atoms with Crippen LogP contribution in [0.1, 0.15) is 21.5 Å². The van der Waals surface area contributed by atoms with Gasteiger partial charge in [0.05, 0.1) is 5.56 Å². The molecule has 0 saturated heterocycles. The lowest BCUT2D eigenvalue weighted by molar-refractivity contribution is 0.104. The Morgan fingerprint density at radius 2 is 1.74 bits per heavy atom. The van der Waals surface area contributed by atoms with Crippen molar-refractivity contribution in [3.8, 4) is 11.5 Å². The Hall–Kier alpha value is -2.55. The average Bonchev–Trinajstić information content (AvgIpc) is 2.37. The molecule has 3 nitrogen and oxygen atoms in total. The van der Waals surface area contributed by atoms with Gasteiger partial charge in [0.25, 0.3) is 0 Å². The smallest absolute Gasteiger partial charge is 0.189 e. The van der Waals surface area contributed by atoms with Crippen molar-refractivity contribution < 1.29 is 15.0 Å². The summed E-state index contributed by atoms with van der Waals surface area (Å²) < 4.78 is 0. The molecular formula is C16H14O3. The van der Waals surface area contributed by atoms with Crippen LogP contribution in [0, 0.1) is 6.92 Å². The van der Waals surface area contributed by atoms with Gasteiger partial charge in [0, 0.05) is 6.07 Å². The molecule has 2 N–H and O–H groups in total. The Balaban J connectivity index is 2.18. The molecule has 0 aliphatic carbocycles. The zero-order valence-corrected chi connectivity index (χ0v) is 10.5. The maximum atomic E-state index is 11.9. The first-order chi connectivity index (χ1) is 9.06. The first-order valence-electron chi connectivity index (χ1n) is 5.87. The molecule has 0 spiro atoms. The van der Waals surface area contributed by atoms with Crippen LogP contribution in [0.3, 0.4) is 0 Å². The second kappa shape index (κ2) is 5.40. The van der Waals surface area contributed by atoms with E-state index in [2.05, 4.69) is 0 Å². The lowest BCUT2D eigenvalue weighted by atomic mass is 10.1. The molecule has 0 radical (unpaired) electrons. The lowest BCUT2D eigenvalue weighted by Gasteiger charge is -2.01. The van der Waals surface area contributed by atoms with Crippen molar-refractivity contribution in [2.24, 2.45) is 0 Å². The van der Waals surface area contributed by atoms with Crippen LogP contribution in [0.15, 0.2) is 48.5 Å². The standard InChI is InChI=1S/C16H14O3/c1-11-2-4-12(5-3-11)6-9-15(18)14-8-7-13(17)10-16(14)19/h2-10,17,19H,1H3/b9-6+. The number of hydrogen-bond acceptors (Lipinski definition) is 3. The highest BCUT2D eigenvalue weighted by atomic mass is 16.3. The minimum atomic E-state index is -0.307. The SMILES string of the molecule is Cc1ccc(/C=C/C(=O)c2ccc(O)cc2O)cc1. The molecule has 2 rings (SSSR count). The monoisotopic (exact) mass is 254 g/mol.